The largest absolute Gasteiger partial charge is 0.390 e. The first-order valence-corrected chi connectivity index (χ1v) is 6.79. The summed E-state index contributed by atoms with van der Waals surface area (Å²) in [6.07, 6.45) is 4.90. The molecule has 1 aromatic heterocycles. The van der Waals surface area contributed by atoms with E-state index in [9.17, 15) is 5.11 Å². The van der Waals surface area contributed by atoms with Crippen LogP contribution in [0.2, 0.25) is 0 Å². The lowest BCUT2D eigenvalue weighted by Gasteiger charge is -2.32. The molecule has 2 unspecified atom stereocenters. The molecule has 4 nitrogen and oxygen atoms in total. The summed E-state index contributed by atoms with van der Waals surface area (Å²) in [7, 11) is 1.74. The lowest BCUT2D eigenvalue weighted by molar-refractivity contribution is 0.0619. The van der Waals surface area contributed by atoms with Crippen molar-refractivity contribution in [3.05, 3.63) is 42.4 Å². The number of fused-ring (bicyclic) bond motifs is 3. The molecule has 4 heteroatoms. The maximum atomic E-state index is 10.9. The zero-order valence-corrected chi connectivity index (χ0v) is 12.0. The number of nitrogens with zero attached hydrogens (tertiary/aromatic N) is 3. The van der Waals surface area contributed by atoms with Gasteiger partial charge in [-0.1, -0.05) is 38.1 Å². The minimum atomic E-state index is -0.567. The van der Waals surface area contributed by atoms with Gasteiger partial charge >= 0.3 is 0 Å². The lowest BCUT2D eigenvalue weighted by atomic mass is 9.81. The Morgan fingerprint density at radius 3 is 2.90 bits per heavy atom. The van der Waals surface area contributed by atoms with E-state index in [0.717, 1.165) is 16.8 Å². The van der Waals surface area contributed by atoms with Crippen LogP contribution in [0.3, 0.4) is 0 Å². The zero-order chi connectivity index (χ0) is 14.3. The second-order valence-corrected chi connectivity index (χ2v) is 5.87. The van der Waals surface area contributed by atoms with Crippen molar-refractivity contribution in [2.24, 2.45) is 10.4 Å². The third kappa shape index (κ3) is 1.79. The van der Waals surface area contributed by atoms with Crippen molar-refractivity contribution in [3.8, 4) is 11.3 Å². The monoisotopic (exact) mass is 269 g/mol. The summed E-state index contributed by atoms with van der Waals surface area (Å²) in [6, 6.07) is 8.08. The van der Waals surface area contributed by atoms with Gasteiger partial charge in [-0.3, -0.25) is 0 Å². The number of benzene rings is 1. The molecule has 1 aliphatic heterocycles. The van der Waals surface area contributed by atoms with Gasteiger partial charge in [0.15, 0.2) is 0 Å². The number of rotatable bonds is 3. The number of aliphatic hydroxyl groups excluding tert-OH is 1. The number of hydrogen-bond donors (Lipinski definition) is 1. The van der Waals surface area contributed by atoms with Gasteiger partial charge in [0, 0.05) is 24.2 Å². The minimum absolute atomic E-state index is 0.114. The first-order chi connectivity index (χ1) is 9.56. The second-order valence-electron chi connectivity index (χ2n) is 5.87. The standard InChI is InChI=1S/C16H19N3O/c1-16(2,9-17-3)15(20)14-12-7-5-4-6-11(12)13-8-18-10-19(13)14/h4-10,14-15,20H,1-3H3. The fourth-order valence-corrected chi connectivity index (χ4v) is 3.01. The van der Waals surface area contributed by atoms with Gasteiger partial charge in [0.05, 0.1) is 30.4 Å². The van der Waals surface area contributed by atoms with E-state index in [2.05, 4.69) is 26.7 Å². The summed E-state index contributed by atoms with van der Waals surface area (Å²) < 4.78 is 2.06. The topological polar surface area (TPSA) is 50.4 Å². The highest BCUT2D eigenvalue weighted by atomic mass is 16.3. The van der Waals surface area contributed by atoms with E-state index in [1.807, 2.05) is 38.4 Å². The maximum Gasteiger partial charge on any atom is 0.0957 e. The summed E-state index contributed by atoms with van der Waals surface area (Å²) in [5.74, 6) is 0. The molecule has 20 heavy (non-hydrogen) atoms. The predicted molar refractivity (Wildman–Crippen MR) is 80.0 cm³/mol. The van der Waals surface area contributed by atoms with Crippen LogP contribution in [0.5, 0.6) is 0 Å². The van der Waals surface area contributed by atoms with Crippen LogP contribution in [0.25, 0.3) is 11.3 Å². The summed E-state index contributed by atoms with van der Waals surface area (Å²) in [6.45, 7) is 4.00. The Morgan fingerprint density at radius 1 is 1.40 bits per heavy atom. The van der Waals surface area contributed by atoms with Crippen molar-refractivity contribution >= 4 is 6.21 Å². The third-order valence-electron chi connectivity index (χ3n) is 4.04. The summed E-state index contributed by atoms with van der Waals surface area (Å²) in [4.78, 5) is 8.31. The smallest absolute Gasteiger partial charge is 0.0957 e. The molecule has 0 spiro atoms. The van der Waals surface area contributed by atoms with E-state index in [1.165, 1.54) is 0 Å². The number of aliphatic imine (C=N–C) groups is 1. The molecule has 0 aliphatic carbocycles. The average Bonchev–Trinajstić information content (AvgIpc) is 2.98. The van der Waals surface area contributed by atoms with E-state index in [-0.39, 0.29) is 6.04 Å². The Kier molecular flexibility index (Phi) is 2.98. The van der Waals surface area contributed by atoms with E-state index in [1.54, 1.807) is 13.4 Å². The first-order valence-electron chi connectivity index (χ1n) is 6.79. The molecule has 2 atom stereocenters. The van der Waals surface area contributed by atoms with Crippen LogP contribution < -0.4 is 0 Å². The van der Waals surface area contributed by atoms with E-state index < -0.39 is 11.5 Å². The Balaban J connectivity index is 2.11. The average molecular weight is 269 g/mol. The van der Waals surface area contributed by atoms with Crippen LogP contribution in [-0.2, 0) is 0 Å². The van der Waals surface area contributed by atoms with Crippen molar-refractivity contribution < 1.29 is 5.11 Å². The van der Waals surface area contributed by atoms with Gasteiger partial charge in [-0.2, -0.15) is 0 Å². The molecule has 0 radical (unpaired) electrons. The van der Waals surface area contributed by atoms with E-state index in [4.69, 9.17) is 0 Å². The van der Waals surface area contributed by atoms with Crippen LogP contribution in [0.15, 0.2) is 41.8 Å². The van der Waals surface area contributed by atoms with Crippen LogP contribution in [0, 0.1) is 5.41 Å². The lowest BCUT2D eigenvalue weighted by Crippen LogP contribution is -2.38. The number of aromatic nitrogens is 2. The summed E-state index contributed by atoms with van der Waals surface area (Å²) in [5, 5.41) is 10.9. The quantitative estimate of drug-likeness (QED) is 0.871. The highest BCUT2D eigenvalue weighted by Crippen LogP contribution is 2.43. The molecular formula is C16H19N3O. The molecule has 3 rings (SSSR count). The Hall–Kier alpha value is -1.94. The molecule has 1 aromatic carbocycles. The van der Waals surface area contributed by atoms with Crippen LogP contribution >= 0.6 is 0 Å². The first kappa shape index (κ1) is 13.1. The molecule has 0 bridgehead atoms. The summed E-state index contributed by atoms with van der Waals surface area (Å²) in [5.41, 5.74) is 2.96. The predicted octanol–water partition coefficient (Wildman–Crippen LogP) is 2.54. The minimum Gasteiger partial charge on any atom is -0.390 e. The molecule has 0 fully saturated rings. The van der Waals surface area contributed by atoms with Crippen molar-refractivity contribution in [1.82, 2.24) is 9.55 Å². The molecule has 104 valence electrons. The molecular weight excluding hydrogens is 250 g/mol. The number of imidazole rings is 1. The van der Waals surface area contributed by atoms with E-state index >= 15 is 0 Å². The molecule has 0 amide bonds. The summed E-state index contributed by atoms with van der Waals surface area (Å²) >= 11 is 0. The van der Waals surface area contributed by atoms with E-state index in [0.29, 0.717) is 0 Å². The normalized spacial score (nSPS) is 19.1. The highest BCUT2D eigenvalue weighted by Gasteiger charge is 2.40. The number of aliphatic hydroxyl groups is 1. The van der Waals surface area contributed by atoms with Crippen molar-refractivity contribution in [2.45, 2.75) is 26.0 Å². The zero-order valence-electron chi connectivity index (χ0n) is 12.0. The van der Waals surface area contributed by atoms with Gasteiger partial charge in [0.2, 0.25) is 0 Å². The van der Waals surface area contributed by atoms with Gasteiger partial charge in [-0.05, 0) is 5.56 Å². The van der Waals surface area contributed by atoms with Gasteiger partial charge in [0.1, 0.15) is 0 Å². The van der Waals surface area contributed by atoms with Gasteiger partial charge < -0.3 is 14.7 Å². The van der Waals surface area contributed by atoms with Gasteiger partial charge in [-0.25, -0.2) is 4.98 Å². The molecule has 1 N–H and O–H groups in total. The molecule has 0 saturated heterocycles. The van der Waals surface area contributed by atoms with Crippen molar-refractivity contribution in [2.75, 3.05) is 7.05 Å². The Labute approximate surface area is 118 Å². The Morgan fingerprint density at radius 2 is 2.15 bits per heavy atom. The molecule has 1 aliphatic rings. The van der Waals surface area contributed by atoms with Gasteiger partial charge in [-0.15, -0.1) is 0 Å². The van der Waals surface area contributed by atoms with Gasteiger partial charge in [0.25, 0.3) is 0 Å². The Bertz CT molecular complexity index is 657. The van der Waals surface area contributed by atoms with Crippen molar-refractivity contribution in [1.29, 1.82) is 0 Å². The fourth-order valence-electron chi connectivity index (χ4n) is 3.01. The van der Waals surface area contributed by atoms with Crippen LogP contribution in [0.4, 0.5) is 0 Å². The third-order valence-corrected chi connectivity index (χ3v) is 4.04. The number of hydrogen-bond acceptors (Lipinski definition) is 3. The fraction of sp³-hybridized carbons (Fsp3) is 0.375. The maximum absolute atomic E-state index is 10.9. The molecule has 2 heterocycles. The van der Waals surface area contributed by atoms with Crippen molar-refractivity contribution in [3.63, 3.8) is 0 Å². The van der Waals surface area contributed by atoms with Crippen LogP contribution in [0.1, 0.15) is 25.5 Å². The highest BCUT2D eigenvalue weighted by molar-refractivity contribution is 5.71. The molecule has 2 aromatic rings. The van der Waals surface area contributed by atoms with Crippen LogP contribution in [-0.4, -0.2) is 34.0 Å². The molecule has 0 saturated carbocycles. The second kappa shape index (κ2) is 4.56. The SMILES string of the molecule is CN=CC(C)(C)C(O)C1c2ccccc2-c2cncn21.